The first-order valence-electron chi connectivity index (χ1n) is 8.48. The molecule has 2 aromatic rings. The molecule has 0 spiro atoms. The van der Waals surface area contributed by atoms with Gasteiger partial charge in [-0.05, 0) is 11.6 Å². The molecule has 7 heteroatoms. The van der Waals surface area contributed by atoms with Crippen molar-refractivity contribution >= 4 is 70.8 Å². The van der Waals surface area contributed by atoms with E-state index in [2.05, 4.69) is 17.9 Å². The largest absolute Gasteiger partial charge is 0.872 e. The van der Waals surface area contributed by atoms with E-state index >= 15 is 0 Å². The molecule has 0 aliphatic heterocycles. The normalized spacial score (nSPS) is 12.5. The van der Waals surface area contributed by atoms with E-state index in [1.807, 2.05) is 79.3 Å². The maximum atomic E-state index is 10.9. The molecule has 0 unspecified atom stereocenters. The molecule has 2 nitrogen and oxygen atoms in total. The summed E-state index contributed by atoms with van der Waals surface area (Å²) < 4.78 is 0. The molecule has 4 rings (SSSR count). The van der Waals surface area contributed by atoms with Gasteiger partial charge < -0.3 is 10.2 Å². The Kier molecular flexibility index (Phi) is 12.7. The molecular formula is C24H13Cl4O2Sb-2. The maximum Gasteiger partial charge on any atom is 0.137 e. The van der Waals surface area contributed by atoms with Crippen LogP contribution in [-0.2, 0) is 0 Å². The Morgan fingerprint density at radius 1 is 0.839 bits per heavy atom. The van der Waals surface area contributed by atoms with Crippen molar-refractivity contribution in [3.8, 4) is 11.5 Å². The number of benzene rings is 2. The van der Waals surface area contributed by atoms with E-state index in [0.717, 1.165) is 11.1 Å². The van der Waals surface area contributed by atoms with E-state index in [4.69, 9.17) is 46.4 Å². The van der Waals surface area contributed by atoms with Gasteiger partial charge in [0, 0.05) is 48.7 Å². The second kappa shape index (κ2) is 14.4. The number of hydrogen-bond donors (Lipinski definition) is 0. The third-order valence-electron chi connectivity index (χ3n) is 3.50. The van der Waals surface area contributed by atoms with Crippen molar-refractivity contribution in [2.75, 3.05) is 0 Å². The minimum absolute atomic E-state index is 0. The van der Waals surface area contributed by atoms with Gasteiger partial charge in [-0.1, -0.05) is 88.2 Å². The molecule has 0 atom stereocenters. The summed E-state index contributed by atoms with van der Waals surface area (Å²) in [6.45, 7) is 0. The van der Waals surface area contributed by atoms with Crippen molar-refractivity contribution in [1.29, 1.82) is 0 Å². The smallest absolute Gasteiger partial charge is 0.137 e. The fourth-order valence-corrected chi connectivity index (χ4v) is 2.87. The Hall–Kier alpha value is -1.72. The Morgan fingerprint density at radius 3 is 1.84 bits per heavy atom. The summed E-state index contributed by atoms with van der Waals surface area (Å²) >= 11 is 21.7. The van der Waals surface area contributed by atoms with Crippen LogP contribution in [0.5, 0.6) is 11.5 Å². The zero-order valence-electron chi connectivity index (χ0n) is 15.8. The van der Waals surface area contributed by atoms with Crippen molar-refractivity contribution in [1.82, 2.24) is 0 Å². The van der Waals surface area contributed by atoms with Crippen LogP contribution in [0.2, 0.25) is 20.1 Å². The van der Waals surface area contributed by atoms with Crippen LogP contribution in [0.3, 0.4) is 0 Å². The molecule has 0 fully saturated rings. The van der Waals surface area contributed by atoms with E-state index in [1.54, 1.807) is 0 Å². The van der Waals surface area contributed by atoms with Crippen LogP contribution >= 0.6 is 46.4 Å². The van der Waals surface area contributed by atoms with Crippen LogP contribution < -0.4 is 10.2 Å². The average Bonchev–Trinajstić information content (AvgIpc) is 2.83. The number of allylic oxidation sites excluding steroid dienone is 9. The fraction of sp³-hybridized carbons (Fsp3) is 0. The van der Waals surface area contributed by atoms with E-state index in [9.17, 15) is 10.2 Å². The molecule has 0 saturated heterocycles. The SMILES string of the molecule is C1=C[CH-]C=CC=1C1=CC=CC=[C+]1.[O-]c1c([O-])c(Cl)c(Cl)c(Cl)c1Cl.[Sb].[c]1ccccc1. The molecule has 2 aliphatic rings. The molecule has 31 heavy (non-hydrogen) atoms. The van der Waals surface area contributed by atoms with Crippen LogP contribution in [0.25, 0.3) is 0 Å². The molecule has 0 saturated carbocycles. The van der Waals surface area contributed by atoms with Crippen molar-refractivity contribution in [3.63, 3.8) is 0 Å². The van der Waals surface area contributed by atoms with Crippen LogP contribution in [0, 0.1) is 18.6 Å². The molecule has 0 amide bonds. The first kappa shape index (κ1) is 27.3. The second-order valence-corrected chi connectivity index (χ2v) is 7.06. The summed E-state index contributed by atoms with van der Waals surface area (Å²) in [4.78, 5) is 0. The quantitative estimate of drug-likeness (QED) is 0.128. The Bertz CT molecular complexity index is 933. The van der Waals surface area contributed by atoms with Crippen LogP contribution in [0.1, 0.15) is 0 Å². The molecule has 2 aliphatic carbocycles. The monoisotopic (exact) mass is 594 g/mol. The van der Waals surface area contributed by atoms with Crippen molar-refractivity contribution in [3.05, 3.63) is 128 Å². The summed E-state index contributed by atoms with van der Waals surface area (Å²) in [5, 5.41) is 20.6. The van der Waals surface area contributed by atoms with Crippen molar-refractivity contribution in [2.24, 2.45) is 0 Å². The van der Waals surface area contributed by atoms with E-state index in [-0.39, 0.29) is 34.5 Å². The molecule has 0 heterocycles. The van der Waals surface area contributed by atoms with E-state index in [0.29, 0.717) is 0 Å². The zero-order chi connectivity index (χ0) is 21.9. The molecule has 0 aromatic heterocycles. The molecule has 0 N–H and O–H groups in total. The topological polar surface area (TPSA) is 46.1 Å². The standard InChI is InChI=1S/C12H8.C6H2Cl4O2.C6H5.Sb/c1-3-7-11(8-4-1)12-9-5-2-6-10-12;7-1-2(8)4(10)6(12)5(11)3(1)9;1-2-4-6-5-3-1;/h1-7,9H;11-12H;1-5H;/p-2. The average molecular weight is 597 g/mol. The predicted octanol–water partition coefficient (Wildman–Crippen LogP) is 6.25. The molecule has 0 bridgehead atoms. The molecule has 2 aromatic carbocycles. The molecule has 156 valence electrons. The number of rotatable bonds is 1. The van der Waals surface area contributed by atoms with E-state index < -0.39 is 21.5 Å². The summed E-state index contributed by atoms with van der Waals surface area (Å²) in [7, 11) is 0. The van der Waals surface area contributed by atoms with Gasteiger partial charge in [0.05, 0.1) is 26.2 Å². The van der Waals surface area contributed by atoms with Crippen molar-refractivity contribution in [2.45, 2.75) is 0 Å². The van der Waals surface area contributed by atoms with Gasteiger partial charge in [0.2, 0.25) is 0 Å². The van der Waals surface area contributed by atoms with Crippen LogP contribution in [0.4, 0.5) is 0 Å². The van der Waals surface area contributed by atoms with Crippen molar-refractivity contribution < 1.29 is 10.2 Å². The van der Waals surface area contributed by atoms with Crippen LogP contribution in [0.15, 0.2) is 89.7 Å². The van der Waals surface area contributed by atoms with Gasteiger partial charge in [-0.15, -0.1) is 12.2 Å². The number of hydrogen-bond acceptors (Lipinski definition) is 2. The summed E-state index contributed by atoms with van der Waals surface area (Å²) in [6, 6.07) is 12.5. The fourth-order valence-electron chi connectivity index (χ4n) is 2.06. The summed E-state index contributed by atoms with van der Waals surface area (Å²) in [6.07, 6.45) is 19.0. The van der Waals surface area contributed by atoms with Gasteiger partial charge in [-0.3, -0.25) is 0 Å². The Labute approximate surface area is 219 Å². The third kappa shape index (κ3) is 8.38. The minimum atomic E-state index is -0.934. The van der Waals surface area contributed by atoms with Gasteiger partial charge >= 0.3 is 0 Å². The maximum absolute atomic E-state index is 10.9. The van der Waals surface area contributed by atoms with Gasteiger partial charge in [0.15, 0.2) is 0 Å². The van der Waals surface area contributed by atoms with Gasteiger partial charge in [-0.2, -0.15) is 12.5 Å². The zero-order valence-corrected chi connectivity index (χ0v) is 21.4. The summed E-state index contributed by atoms with van der Waals surface area (Å²) in [5.74, 6) is -1.87. The molecular weight excluding hydrogens is 584 g/mol. The second-order valence-electron chi connectivity index (χ2n) is 5.54. The molecule has 4 radical (unpaired) electrons. The van der Waals surface area contributed by atoms with Gasteiger partial charge in [0.25, 0.3) is 0 Å². The third-order valence-corrected chi connectivity index (χ3v) is 5.27. The van der Waals surface area contributed by atoms with Crippen LogP contribution in [-0.4, -0.2) is 24.4 Å². The summed E-state index contributed by atoms with van der Waals surface area (Å²) in [5.41, 5.74) is 5.34. The number of halogens is 4. The Morgan fingerprint density at radius 2 is 1.45 bits per heavy atom. The van der Waals surface area contributed by atoms with Gasteiger partial charge in [-0.25, -0.2) is 5.73 Å². The Balaban J connectivity index is 0.000000241. The minimum Gasteiger partial charge on any atom is -0.872 e. The predicted molar refractivity (Wildman–Crippen MR) is 126 cm³/mol. The van der Waals surface area contributed by atoms with Gasteiger partial charge in [0.1, 0.15) is 5.57 Å². The first-order chi connectivity index (χ1) is 14.4. The van der Waals surface area contributed by atoms with E-state index in [1.165, 1.54) is 0 Å². The first-order valence-corrected chi connectivity index (χ1v) is 9.99.